The van der Waals surface area contributed by atoms with Crippen molar-refractivity contribution in [2.24, 2.45) is 0 Å². The highest BCUT2D eigenvalue weighted by Gasteiger charge is 2.14. The van der Waals surface area contributed by atoms with Gasteiger partial charge in [0.15, 0.2) is 5.82 Å². The first-order valence-corrected chi connectivity index (χ1v) is 6.35. The molecular formula is C13H10Cl2FNO3. The Morgan fingerprint density at radius 2 is 1.95 bits per heavy atom. The number of halogens is 3. The van der Waals surface area contributed by atoms with E-state index in [2.05, 4.69) is 5.32 Å². The Hall–Kier alpha value is -1.72. The maximum Gasteiger partial charge on any atom is 0.339 e. The van der Waals surface area contributed by atoms with Crippen LogP contribution >= 0.6 is 23.2 Å². The van der Waals surface area contributed by atoms with Gasteiger partial charge in [-0.1, -0.05) is 23.2 Å². The summed E-state index contributed by atoms with van der Waals surface area (Å²) in [6.07, 6.45) is 0. The van der Waals surface area contributed by atoms with E-state index in [0.717, 1.165) is 0 Å². The molecule has 0 aliphatic carbocycles. The fraction of sp³-hybridized carbons (Fsp3) is 0.154. The largest absolute Gasteiger partial charge is 0.478 e. The number of anilines is 1. The number of aromatic carboxylic acids is 1. The lowest BCUT2D eigenvalue weighted by Gasteiger charge is -2.06. The zero-order chi connectivity index (χ0) is 14.9. The lowest BCUT2D eigenvalue weighted by Crippen LogP contribution is -1.99. The number of carboxylic acid groups (broad SMARTS) is 1. The molecule has 0 amide bonds. The maximum absolute atomic E-state index is 13.2. The van der Waals surface area contributed by atoms with E-state index in [1.54, 1.807) is 6.92 Å². The summed E-state index contributed by atoms with van der Waals surface area (Å²) in [6, 6.07) is 4.20. The number of hydrogen-bond acceptors (Lipinski definition) is 3. The molecular weight excluding hydrogens is 308 g/mol. The molecule has 106 valence electrons. The topological polar surface area (TPSA) is 62.5 Å². The highest BCUT2D eigenvalue weighted by molar-refractivity contribution is 6.35. The van der Waals surface area contributed by atoms with E-state index in [-0.39, 0.29) is 22.2 Å². The van der Waals surface area contributed by atoms with Crippen molar-refractivity contribution < 1.29 is 18.7 Å². The average molecular weight is 318 g/mol. The van der Waals surface area contributed by atoms with Crippen molar-refractivity contribution >= 4 is 34.9 Å². The summed E-state index contributed by atoms with van der Waals surface area (Å²) in [6.45, 7) is 1.80. The molecule has 0 aliphatic heterocycles. The first-order valence-electron chi connectivity index (χ1n) is 5.59. The highest BCUT2D eigenvalue weighted by atomic mass is 35.5. The van der Waals surface area contributed by atoms with Gasteiger partial charge in [0.25, 0.3) is 0 Å². The summed E-state index contributed by atoms with van der Waals surface area (Å²) in [4.78, 5) is 10.9. The minimum Gasteiger partial charge on any atom is -0.478 e. The van der Waals surface area contributed by atoms with E-state index >= 15 is 0 Å². The molecule has 0 aliphatic rings. The van der Waals surface area contributed by atoms with Crippen molar-refractivity contribution in [2.75, 3.05) is 5.32 Å². The van der Waals surface area contributed by atoms with Gasteiger partial charge in [-0.25, -0.2) is 9.18 Å². The third-order valence-electron chi connectivity index (χ3n) is 2.65. The molecule has 0 saturated heterocycles. The van der Waals surface area contributed by atoms with Gasteiger partial charge in [-0.05, 0) is 25.1 Å². The SMILES string of the molecule is Cc1oc(CNc2cc(Cl)c(F)c(Cl)c2)cc1C(=O)O. The first kappa shape index (κ1) is 14.7. The van der Waals surface area contributed by atoms with Gasteiger partial charge in [-0.2, -0.15) is 0 Å². The fourth-order valence-corrected chi connectivity index (χ4v) is 2.18. The predicted octanol–water partition coefficient (Wildman–Crippen LogP) is 4.34. The van der Waals surface area contributed by atoms with Crippen molar-refractivity contribution in [2.45, 2.75) is 13.5 Å². The zero-order valence-corrected chi connectivity index (χ0v) is 11.8. The van der Waals surface area contributed by atoms with Gasteiger partial charge < -0.3 is 14.8 Å². The van der Waals surface area contributed by atoms with Crippen LogP contribution in [-0.2, 0) is 6.54 Å². The standard InChI is InChI=1S/C13H10Cl2FNO3/c1-6-9(13(18)19)4-8(20-6)5-17-7-2-10(14)12(16)11(15)3-7/h2-4,17H,5H2,1H3,(H,18,19). The molecule has 2 aromatic rings. The molecule has 0 bridgehead atoms. The van der Waals surface area contributed by atoms with Crippen LogP contribution in [0.2, 0.25) is 10.0 Å². The van der Waals surface area contributed by atoms with Crippen LogP contribution in [0.15, 0.2) is 22.6 Å². The lowest BCUT2D eigenvalue weighted by molar-refractivity contribution is 0.0695. The number of aryl methyl sites for hydroxylation is 1. The molecule has 0 radical (unpaired) electrons. The second-order valence-electron chi connectivity index (χ2n) is 4.10. The number of carbonyl (C=O) groups is 1. The van der Waals surface area contributed by atoms with Crippen molar-refractivity contribution in [3.63, 3.8) is 0 Å². The van der Waals surface area contributed by atoms with Crippen molar-refractivity contribution in [1.82, 2.24) is 0 Å². The Labute approximate surface area is 124 Å². The van der Waals surface area contributed by atoms with Crippen LogP contribution in [0.1, 0.15) is 21.9 Å². The minimum atomic E-state index is -1.05. The van der Waals surface area contributed by atoms with E-state index < -0.39 is 11.8 Å². The van der Waals surface area contributed by atoms with Crippen LogP contribution in [-0.4, -0.2) is 11.1 Å². The third-order valence-corrected chi connectivity index (χ3v) is 3.20. The number of rotatable bonds is 4. The monoisotopic (exact) mass is 317 g/mol. The van der Waals surface area contributed by atoms with Gasteiger partial charge in [0.2, 0.25) is 0 Å². The van der Waals surface area contributed by atoms with Crippen LogP contribution < -0.4 is 5.32 Å². The van der Waals surface area contributed by atoms with Gasteiger partial charge in [-0.15, -0.1) is 0 Å². The molecule has 0 unspecified atom stereocenters. The molecule has 7 heteroatoms. The molecule has 2 rings (SSSR count). The molecule has 0 atom stereocenters. The van der Waals surface area contributed by atoms with Gasteiger partial charge >= 0.3 is 5.97 Å². The second kappa shape index (κ2) is 5.73. The normalized spacial score (nSPS) is 10.6. The van der Waals surface area contributed by atoms with E-state index in [9.17, 15) is 9.18 Å². The number of nitrogens with one attached hydrogen (secondary N) is 1. The van der Waals surface area contributed by atoms with E-state index in [4.69, 9.17) is 32.7 Å². The molecule has 20 heavy (non-hydrogen) atoms. The Morgan fingerprint density at radius 3 is 2.45 bits per heavy atom. The van der Waals surface area contributed by atoms with Gasteiger partial charge in [0, 0.05) is 5.69 Å². The van der Waals surface area contributed by atoms with Gasteiger partial charge in [-0.3, -0.25) is 0 Å². The molecule has 4 nitrogen and oxygen atoms in total. The summed E-state index contributed by atoms with van der Waals surface area (Å²) in [5, 5.41) is 11.6. The second-order valence-corrected chi connectivity index (χ2v) is 4.91. The summed E-state index contributed by atoms with van der Waals surface area (Å²) < 4.78 is 18.5. The highest BCUT2D eigenvalue weighted by Crippen LogP contribution is 2.27. The summed E-state index contributed by atoms with van der Waals surface area (Å²) in [5.41, 5.74) is 0.615. The Bertz CT molecular complexity index is 647. The van der Waals surface area contributed by atoms with E-state index in [1.165, 1.54) is 18.2 Å². The van der Waals surface area contributed by atoms with Crippen LogP contribution in [0.3, 0.4) is 0 Å². The Balaban J connectivity index is 2.13. The van der Waals surface area contributed by atoms with Crippen LogP contribution in [0.25, 0.3) is 0 Å². The molecule has 0 spiro atoms. The summed E-state index contributed by atoms with van der Waals surface area (Å²) in [5.74, 6) is -0.966. The molecule has 0 saturated carbocycles. The molecule has 1 heterocycles. The van der Waals surface area contributed by atoms with Crippen molar-refractivity contribution in [1.29, 1.82) is 0 Å². The molecule has 0 fully saturated rings. The van der Waals surface area contributed by atoms with Gasteiger partial charge in [0.1, 0.15) is 17.1 Å². The quantitative estimate of drug-likeness (QED) is 0.823. The molecule has 1 aromatic heterocycles. The van der Waals surface area contributed by atoms with Crippen LogP contribution in [0, 0.1) is 12.7 Å². The lowest BCUT2D eigenvalue weighted by atomic mass is 10.2. The van der Waals surface area contributed by atoms with Crippen LogP contribution in [0.4, 0.5) is 10.1 Å². The summed E-state index contributed by atoms with van der Waals surface area (Å²) in [7, 11) is 0. The van der Waals surface area contributed by atoms with Gasteiger partial charge in [0.05, 0.1) is 16.6 Å². The van der Waals surface area contributed by atoms with E-state index in [1.807, 2.05) is 0 Å². The van der Waals surface area contributed by atoms with E-state index in [0.29, 0.717) is 17.2 Å². The predicted molar refractivity (Wildman–Crippen MR) is 74.2 cm³/mol. The molecule has 2 N–H and O–H groups in total. The molecule has 1 aromatic carbocycles. The number of benzene rings is 1. The first-order chi connectivity index (χ1) is 9.38. The smallest absolute Gasteiger partial charge is 0.339 e. The van der Waals surface area contributed by atoms with Crippen LogP contribution in [0.5, 0.6) is 0 Å². The summed E-state index contributed by atoms with van der Waals surface area (Å²) >= 11 is 11.3. The van der Waals surface area contributed by atoms with Crippen molar-refractivity contribution in [3.8, 4) is 0 Å². The Kier molecular flexibility index (Phi) is 4.20. The number of hydrogen-bond donors (Lipinski definition) is 2. The number of carboxylic acids is 1. The minimum absolute atomic E-state index is 0.0955. The Morgan fingerprint density at radius 1 is 1.35 bits per heavy atom. The maximum atomic E-state index is 13.2. The number of furan rings is 1. The van der Waals surface area contributed by atoms with Crippen molar-refractivity contribution in [3.05, 3.63) is 51.1 Å². The fourth-order valence-electron chi connectivity index (χ4n) is 1.69. The third kappa shape index (κ3) is 3.05. The average Bonchev–Trinajstić information content (AvgIpc) is 2.75. The zero-order valence-electron chi connectivity index (χ0n) is 10.3.